The molecule has 0 spiro atoms. The summed E-state index contributed by atoms with van der Waals surface area (Å²) in [6, 6.07) is -0.229. The quantitative estimate of drug-likeness (QED) is 0.642. The molecule has 104 valence electrons. The van der Waals surface area contributed by atoms with Gasteiger partial charge in [-0.05, 0) is 6.92 Å². The van der Waals surface area contributed by atoms with Crippen molar-refractivity contribution in [2.24, 2.45) is 0 Å². The third-order valence-electron chi connectivity index (χ3n) is 3.72. The summed E-state index contributed by atoms with van der Waals surface area (Å²) in [5.41, 5.74) is 0. The number of rotatable bonds is 4. The SMILES string of the molecule is CC1CNC(CO)C(=O)N1CCN1CCOCC1. The number of carbonyl (C=O) groups excluding carboxylic acids is 1. The Morgan fingerprint density at radius 1 is 1.39 bits per heavy atom. The Kier molecular flexibility index (Phi) is 4.94. The van der Waals surface area contributed by atoms with Gasteiger partial charge < -0.3 is 20.1 Å². The Balaban J connectivity index is 1.83. The van der Waals surface area contributed by atoms with Crippen LogP contribution in [0.5, 0.6) is 0 Å². The zero-order chi connectivity index (χ0) is 13.0. The van der Waals surface area contributed by atoms with Gasteiger partial charge in [-0.3, -0.25) is 9.69 Å². The molecular weight excluding hydrogens is 234 g/mol. The van der Waals surface area contributed by atoms with Gasteiger partial charge in [0.15, 0.2) is 0 Å². The zero-order valence-corrected chi connectivity index (χ0v) is 11.0. The van der Waals surface area contributed by atoms with E-state index in [9.17, 15) is 4.79 Å². The van der Waals surface area contributed by atoms with Gasteiger partial charge in [0.1, 0.15) is 6.04 Å². The van der Waals surface area contributed by atoms with Crippen molar-refractivity contribution in [3.8, 4) is 0 Å². The minimum atomic E-state index is -0.425. The van der Waals surface area contributed by atoms with E-state index in [1.807, 2.05) is 11.8 Å². The van der Waals surface area contributed by atoms with Crippen LogP contribution in [0.1, 0.15) is 6.92 Å². The van der Waals surface area contributed by atoms with E-state index in [1.54, 1.807) is 0 Å². The van der Waals surface area contributed by atoms with Gasteiger partial charge in [-0.1, -0.05) is 0 Å². The molecule has 2 saturated heterocycles. The Labute approximate surface area is 108 Å². The highest BCUT2D eigenvalue weighted by molar-refractivity contribution is 5.83. The van der Waals surface area contributed by atoms with Gasteiger partial charge in [0.05, 0.1) is 19.8 Å². The lowest BCUT2D eigenvalue weighted by Gasteiger charge is -2.39. The molecule has 2 N–H and O–H groups in total. The van der Waals surface area contributed by atoms with Crippen molar-refractivity contribution < 1.29 is 14.6 Å². The lowest BCUT2D eigenvalue weighted by atomic mass is 10.1. The maximum absolute atomic E-state index is 12.1. The number of hydrogen-bond acceptors (Lipinski definition) is 5. The van der Waals surface area contributed by atoms with E-state index in [-0.39, 0.29) is 18.6 Å². The van der Waals surface area contributed by atoms with Crippen LogP contribution in [-0.2, 0) is 9.53 Å². The number of aliphatic hydroxyl groups is 1. The number of piperazine rings is 1. The topological polar surface area (TPSA) is 65.0 Å². The number of amides is 1. The largest absolute Gasteiger partial charge is 0.394 e. The summed E-state index contributed by atoms with van der Waals surface area (Å²) < 4.78 is 5.30. The molecule has 2 heterocycles. The van der Waals surface area contributed by atoms with Crippen molar-refractivity contribution in [2.45, 2.75) is 19.0 Å². The van der Waals surface area contributed by atoms with E-state index in [2.05, 4.69) is 10.2 Å². The van der Waals surface area contributed by atoms with Crippen molar-refractivity contribution in [3.63, 3.8) is 0 Å². The molecule has 2 aliphatic heterocycles. The lowest BCUT2D eigenvalue weighted by Crippen LogP contribution is -2.61. The lowest BCUT2D eigenvalue weighted by molar-refractivity contribution is -0.139. The molecule has 0 radical (unpaired) electrons. The Hall–Kier alpha value is -0.690. The minimum absolute atomic E-state index is 0.0181. The number of morpholine rings is 1. The monoisotopic (exact) mass is 257 g/mol. The van der Waals surface area contributed by atoms with Crippen LogP contribution in [0.3, 0.4) is 0 Å². The van der Waals surface area contributed by atoms with Gasteiger partial charge in [0.25, 0.3) is 0 Å². The van der Waals surface area contributed by atoms with Crippen LogP contribution in [0.15, 0.2) is 0 Å². The van der Waals surface area contributed by atoms with Crippen LogP contribution in [0.2, 0.25) is 0 Å². The van der Waals surface area contributed by atoms with Gasteiger partial charge in [0.2, 0.25) is 5.91 Å². The highest BCUT2D eigenvalue weighted by Crippen LogP contribution is 2.09. The molecule has 0 bridgehead atoms. The van der Waals surface area contributed by atoms with Crippen LogP contribution >= 0.6 is 0 Å². The third kappa shape index (κ3) is 3.20. The van der Waals surface area contributed by atoms with Crippen molar-refractivity contribution in [1.29, 1.82) is 0 Å². The summed E-state index contributed by atoms with van der Waals surface area (Å²) in [4.78, 5) is 16.3. The predicted octanol–water partition coefficient (Wildman–Crippen LogP) is -1.50. The first-order chi connectivity index (χ1) is 8.72. The molecule has 0 aromatic carbocycles. The van der Waals surface area contributed by atoms with Crippen LogP contribution < -0.4 is 5.32 Å². The summed E-state index contributed by atoms with van der Waals surface area (Å²) in [6.07, 6.45) is 0. The molecule has 18 heavy (non-hydrogen) atoms. The number of nitrogens with one attached hydrogen (secondary N) is 1. The maximum atomic E-state index is 12.1. The first-order valence-corrected chi connectivity index (χ1v) is 6.67. The molecular formula is C12H23N3O3. The van der Waals surface area contributed by atoms with E-state index in [0.29, 0.717) is 0 Å². The number of nitrogens with zero attached hydrogens (tertiary/aromatic N) is 2. The molecule has 6 nitrogen and oxygen atoms in total. The van der Waals surface area contributed by atoms with Crippen LogP contribution in [0.25, 0.3) is 0 Å². The van der Waals surface area contributed by atoms with E-state index in [4.69, 9.17) is 9.84 Å². The third-order valence-corrected chi connectivity index (χ3v) is 3.72. The van der Waals surface area contributed by atoms with E-state index < -0.39 is 6.04 Å². The van der Waals surface area contributed by atoms with Crippen molar-refractivity contribution in [3.05, 3.63) is 0 Å². The van der Waals surface area contributed by atoms with Crippen molar-refractivity contribution >= 4 is 5.91 Å². The van der Waals surface area contributed by atoms with Gasteiger partial charge >= 0.3 is 0 Å². The average Bonchev–Trinajstić information content (AvgIpc) is 2.40. The number of carbonyl (C=O) groups is 1. The summed E-state index contributed by atoms with van der Waals surface area (Å²) in [5, 5.41) is 12.2. The molecule has 1 amide bonds. The Morgan fingerprint density at radius 2 is 2.11 bits per heavy atom. The summed E-state index contributed by atoms with van der Waals surface area (Å²) >= 11 is 0. The Morgan fingerprint density at radius 3 is 2.78 bits per heavy atom. The minimum Gasteiger partial charge on any atom is -0.394 e. The molecule has 2 fully saturated rings. The van der Waals surface area contributed by atoms with Gasteiger partial charge in [0, 0.05) is 38.8 Å². The first-order valence-electron chi connectivity index (χ1n) is 6.67. The zero-order valence-electron chi connectivity index (χ0n) is 11.0. The molecule has 6 heteroatoms. The fourth-order valence-electron chi connectivity index (χ4n) is 2.47. The Bertz CT molecular complexity index is 282. The summed E-state index contributed by atoms with van der Waals surface area (Å²) in [5.74, 6) is 0.0181. The van der Waals surface area contributed by atoms with Crippen LogP contribution in [0, 0.1) is 0 Å². The number of ether oxygens (including phenoxy) is 1. The molecule has 0 saturated carbocycles. The van der Waals surface area contributed by atoms with Crippen LogP contribution in [0.4, 0.5) is 0 Å². The fraction of sp³-hybridized carbons (Fsp3) is 0.917. The predicted molar refractivity (Wildman–Crippen MR) is 67.3 cm³/mol. The van der Waals surface area contributed by atoms with E-state index >= 15 is 0 Å². The normalized spacial score (nSPS) is 30.8. The molecule has 0 aromatic rings. The molecule has 0 aromatic heterocycles. The smallest absolute Gasteiger partial charge is 0.242 e. The second kappa shape index (κ2) is 6.47. The maximum Gasteiger partial charge on any atom is 0.242 e. The number of hydrogen-bond donors (Lipinski definition) is 2. The summed E-state index contributed by atoms with van der Waals surface area (Å²) in [7, 11) is 0. The standard InChI is InChI=1S/C12H23N3O3/c1-10-8-13-11(9-16)12(17)15(10)3-2-14-4-6-18-7-5-14/h10-11,13,16H,2-9H2,1H3. The highest BCUT2D eigenvalue weighted by Gasteiger charge is 2.32. The van der Waals surface area contributed by atoms with Crippen molar-refractivity contribution in [2.75, 3.05) is 52.5 Å². The van der Waals surface area contributed by atoms with Gasteiger partial charge in [-0.25, -0.2) is 0 Å². The highest BCUT2D eigenvalue weighted by atomic mass is 16.5. The number of aliphatic hydroxyl groups excluding tert-OH is 1. The molecule has 2 unspecified atom stereocenters. The fourth-order valence-corrected chi connectivity index (χ4v) is 2.47. The van der Waals surface area contributed by atoms with Crippen molar-refractivity contribution in [1.82, 2.24) is 15.1 Å². The molecule has 0 aliphatic carbocycles. The summed E-state index contributed by atoms with van der Waals surface area (Å²) in [6.45, 7) is 7.73. The van der Waals surface area contributed by atoms with E-state index in [0.717, 1.165) is 45.9 Å². The van der Waals surface area contributed by atoms with Gasteiger partial charge in [-0.15, -0.1) is 0 Å². The average molecular weight is 257 g/mol. The first kappa shape index (κ1) is 13.7. The molecule has 2 rings (SSSR count). The van der Waals surface area contributed by atoms with Crippen LogP contribution in [-0.4, -0.2) is 85.4 Å². The van der Waals surface area contributed by atoms with E-state index in [1.165, 1.54) is 0 Å². The molecule has 2 atom stereocenters. The second-order valence-corrected chi connectivity index (χ2v) is 4.98. The molecule has 2 aliphatic rings. The second-order valence-electron chi connectivity index (χ2n) is 4.98. The van der Waals surface area contributed by atoms with Gasteiger partial charge in [-0.2, -0.15) is 0 Å².